The first-order valence-electron chi connectivity index (χ1n) is 7.12. The summed E-state index contributed by atoms with van der Waals surface area (Å²) in [6.45, 7) is -0.712. The molecule has 8 nitrogen and oxygen atoms in total. The number of hydrogen-bond donors (Lipinski definition) is 5. The minimum atomic E-state index is -1.81. The molecule has 25 heavy (non-hydrogen) atoms. The lowest BCUT2D eigenvalue weighted by Gasteiger charge is -2.39. The van der Waals surface area contributed by atoms with E-state index in [1.807, 2.05) is 0 Å². The van der Waals surface area contributed by atoms with Crippen LogP contribution in [0.15, 0.2) is 24.0 Å². The third kappa shape index (κ3) is 4.27. The van der Waals surface area contributed by atoms with Gasteiger partial charge < -0.3 is 35.0 Å². The van der Waals surface area contributed by atoms with E-state index in [1.165, 1.54) is 12.1 Å². The number of rotatable bonds is 5. The molecule has 1 saturated heterocycles. The highest BCUT2D eigenvalue weighted by Crippen LogP contribution is 2.26. The zero-order chi connectivity index (χ0) is 18.7. The van der Waals surface area contributed by atoms with Crippen LogP contribution in [-0.4, -0.2) is 68.8 Å². The summed E-state index contributed by atoms with van der Waals surface area (Å²) in [5.74, 6) is -3.24. The molecule has 0 aliphatic carbocycles. The van der Waals surface area contributed by atoms with Gasteiger partial charge in [-0.3, -0.25) is 0 Å². The molecule has 2 rings (SSSR count). The number of ether oxygens (including phenoxy) is 2. The van der Waals surface area contributed by atoms with Crippen LogP contribution >= 0.6 is 11.6 Å². The number of carboxylic acids is 1. The molecule has 1 heterocycles. The monoisotopic (exact) mass is 378 g/mol. The zero-order valence-corrected chi connectivity index (χ0v) is 13.4. The summed E-state index contributed by atoms with van der Waals surface area (Å²) in [6, 6.07) is 3.72. The summed E-state index contributed by atoms with van der Waals surface area (Å²) in [5.41, 5.74) is -0.258. The second kappa shape index (κ2) is 8.09. The van der Waals surface area contributed by atoms with Crippen molar-refractivity contribution in [2.24, 2.45) is 0 Å². The molecule has 0 radical (unpaired) electrons. The summed E-state index contributed by atoms with van der Waals surface area (Å²) in [5, 5.41) is 47.5. The van der Waals surface area contributed by atoms with Crippen LogP contribution in [-0.2, 0) is 14.3 Å². The summed E-state index contributed by atoms with van der Waals surface area (Å²) >= 11 is 5.82. The Labute approximate surface area is 146 Å². The topological polar surface area (TPSA) is 137 Å². The molecule has 1 aliphatic rings. The minimum Gasteiger partial charge on any atom is -0.475 e. The molecular weight excluding hydrogens is 363 g/mol. The van der Waals surface area contributed by atoms with Crippen LogP contribution < -0.4 is 0 Å². The molecule has 5 N–H and O–H groups in total. The SMILES string of the molecule is O=C(O)/C(=C/c1c(F)cccc1Cl)O[C@H]1OC(CO)C(O)C(O)C1O. The minimum absolute atomic E-state index is 0.0730. The predicted octanol–water partition coefficient (Wildman–Crippen LogP) is -0.279. The molecular formula is C15H16ClFO8. The van der Waals surface area contributed by atoms with Gasteiger partial charge in [-0.2, -0.15) is 0 Å². The number of carbonyl (C=O) groups is 1. The van der Waals surface area contributed by atoms with E-state index in [0.29, 0.717) is 0 Å². The maximum absolute atomic E-state index is 13.8. The van der Waals surface area contributed by atoms with Crippen LogP contribution in [0.1, 0.15) is 5.56 Å². The molecule has 0 aromatic heterocycles. The van der Waals surface area contributed by atoms with E-state index in [2.05, 4.69) is 0 Å². The van der Waals surface area contributed by atoms with Crippen LogP contribution in [0.4, 0.5) is 4.39 Å². The Bertz CT molecular complexity index is 645. The van der Waals surface area contributed by atoms with Crippen molar-refractivity contribution in [3.05, 3.63) is 40.4 Å². The molecule has 0 saturated carbocycles. The number of aliphatic hydroxyl groups is 4. The van der Waals surface area contributed by atoms with Gasteiger partial charge in [0.2, 0.25) is 12.0 Å². The third-order valence-electron chi connectivity index (χ3n) is 3.58. The van der Waals surface area contributed by atoms with Gasteiger partial charge in [0.05, 0.1) is 11.6 Å². The summed E-state index contributed by atoms with van der Waals surface area (Å²) in [7, 11) is 0. The first-order chi connectivity index (χ1) is 11.8. The van der Waals surface area contributed by atoms with Gasteiger partial charge in [-0.05, 0) is 18.2 Å². The van der Waals surface area contributed by atoms with E-state index in [1.54, 1.807) is 0 Å². The van der Waals surface area contributed by atoms with Crippen molar-refractivity contribution >= 4 is 23.6 Å². The number of aliphatic hydroxyl groups excluding tert-OH is 4. The number of carboxylic acid groups (broad SMARTS) is 1. The van der Waals surface area contributed by atoms with Gasteiger partial charge >= 0.3 is 5.97 Å². The lowest BCUT2D eigenvalue weighted by molar-refractivity contribution is -0.291. The lowest BCUT2D eigenvalue weighted by Crippen LogP contribution is -2.59. The molecule has 10 heteroatoms. The Morgan fingerprint density at radius 2 is 1.96 bits per heavy atom. The highest BCUT2D eigenvalue weighted by atomic mass is 35.5. The number of hydrogen-bond acceptors (Lipinski definition) is 7. The van der Waals surface area contributed by atoms with Crippen molar-refractivity contribution in [3.8, 4) is 0 Å². The molecule has 0 spiro atoms. The lowest BCUT2D eigenvalue weighted by atomic mass is 9.99. The van der Waals surface area contributed by atoms with Crippen LogP contribution in [0.3, 0.4) is 0 Å². The Kier molecular flexibility index (Phi) is 6.33. The third-order valence-corrected chi connectivity index (χ3v) is 3.91. The van der Waals surface area contributed by atoms with Gasteiger partial charge in [0.1, 0.15) is 30.2 Å². The normalized spacial score (nSPS) is 30.2. The largest absolute Gasteiger partial charge is 0.475 e. The van der Waals surface area contributed by atoms with Crippen molar-refractivity contribution in [2.75, 3.05) is 6.61 Å². The second-order valence-corrected chi connectivity index (χ2v) is 5.67. The first kappa shape index (κ1) is 19.6. The average Bonchev–Trinajstić information content (AvgIpc) is 2.57. The van der Waals surface area contributed by atoms with Gasteiger partial charge in [-0.1, -0.05) is 17.7 Å². The number of aliphatic carboxylic acids is 1. The molecule has 5 atom stereocenters. The molecule has 4 unspecified atom stereocenters. The second-order valence-electron chi connectivity index (χ2n) is 5.26. The Balaban J connectivity index is 2.30. The van der Waals surface area contributed by atoms with Crippen molar-refractivity contribution in [2.45, 2.75) is 30.7 Å². The van der Waals surface area contributed by atoms with E-state index in [4.69, 9.17) is 26.2 Å². The highest BCUT2D eigenvalue weighted by molar-refractivity contribution is 6.32. The molecule has 1 aromatic rings. The summed E-state index contributed by atoms with van der Waals surface area (Å²) < 4.78 is 23.9. The van der Waals surface area contributed by atoms with Gasteiger partial charge in [0.15, 0.2) is 0 Å². The highest BCUT2D eigenvalue weighted by Gasteiger charge is 2.45. The van der Waals surface area contributed by atoms with Gasteiger partial charge in [0, 0.05) is 5.56 Å². The molecule has 138 valence electrons. The summed E-state index contributed by atoms with van der Waals surface area (Å²) in [4.78, 5) is 11.3. The number of benzene rings is 1. The van der Waals surface area contributed by atoms with E-state index < -0.39 is 54.9 Å². The Hall–Kier alpha value is -1.75. The fourth-order valence-corrected chi connectivity index (χ4v) is 2.43. The predicted molar refractivity (Wildman–Crippen MR) is 81.9 cm³/mol. The molecule has 1 fully saturated rings. The number of halogens is 2. The van der Waals surface area contributed by atoms with E-state index in [9.17, 15) is 29.6 Å². The van der Waals surface area contributed by atoms with Crippen molar-refractivity contribution < 1.29 is 44.2 Å². The molecule has 1 aromatic carbocycles. The van der Waals surface area contributed by atoms with E-state index in [0.717, 1.165) is 12.1 Å². The van der Waals surface area contributed by atoms with E-state index >= 15 is 0 Å². The fourth-order valence-electron chi connectivity index (χ4n) is 2.22. The quantitative estimate of drug-likeness (QED) is 0.348. The van der Waals surface area contributed by atoms with Crippen LogP contribution in [0.25, 0.3) is 6.08 Å². The van der Waals surface area contributed by atoms with E-state index in [-0.39, 0.29) is 10.6 Å². The summed E-state index contributed by atoms with van der Waals surface area (Å²) in [6.07, 6.45) is -7.39. The van der Waals surface area contributed by atoms with Crippen LogP contribution in [0, 0.1) is 5.82 Å². The van der Waals surface area contributed by atoms with Gasteiger partial charge in [-0.15, -0.1) is 0 Å². The molecule has 0 amide bonds. The zero-order valence-electron chi connectivity index (χ0n) is 12.6. The Morgan fingerprint density at radius 1 is 1.28 bits per heavy atom. The van der Waals surface area contributed by atoms with Crippen molar-refractivity contribution in [3.63, 3.8) is 0 Å². The smallest absolute Gasteiger partial charge is 0.371 e. The van der Waals surface area contributed by atoms with Crippen LogP contribution in [0.5, 0.6) is 0 Å². The van der Waals surface area contributed by atoms with Gasteiger partial charge in [-0.25, -0.2) is 9.18 Å². The van der Waals surface area contributed by atoms with Crippen LogP contribution in [0.2, 0.25) is 5.02 Å². The maximum atomic E-state index is 13.8. The van der Waals surface area contributed by atoms with Crippen molar-refractivity contribution in [1.29, 1.82) is 0 Å². The first-order valence-corrected chi connectivity index (χ1v) is 7.50. The van der Waals surface area contributed by atoms with Crippen molar-refractivity contribution in [1.82, 2.24) is 0 Å². The standard InChI is InChI=1S/C15H16ClFO8/c16-7-2-1-3-8(17)6(7)4-9(14(22)23)24-15-13(21)12(20)11(19)10(5-18)25-15/h1-4,10-13,15,18-21H,5H2,(H,22,23)/b9-4-/t10?,11?,12?,13?,15-/m0/s1. The molecule has 0 bridgehead atoms. The Morgan fingerprint density at radius 3 is 2.52 bits per heavy atom. The van der Waals surface area contributed by atoms with Gasteiger partial charge in [0.25, 0.3) is 0 Å². The maximum Gasteiger partial charge on any atom is 0.371 e. The average molecular weight is 379 g/mol. The fraction of sp³-hybridized carbons (Fsp3) is 0.400. The molecule has 1 aliphatic heterocycles.